The molecule has 4 heteroatoms. The Bertz CT molecular complexity index is 109. The predicted molar refractivity (Wildman–Crippen MR) is 39.5 cm³/mol. The molecule has 1 nitrogen and oxygen atoms in total. The molecule has 1 fully saturated rings. The molecule has 0 atom stereocenters. The van der Waals surface area contributed by atoms with Gasteiger partial charge in [-0.1, -0.05) is 0 Å². The summed E-state index contributed by atoms with van der Waals surface area (Å²) in [5.41, 5.74) is 0. The van der Waals surface area contributed by atoms with Crippen molar-refractivity contribution < 1.29 is 8.78 Å². The molecule has 0 aromatic heterocycles. The van der Waals surface area contributed by atoms with Crippen LogP contribution in [0.3, 0.4) is 0 Å². The molecule has 0 spiro atoms. The summed E-state index contributed by atoms with van der Waals surface area (Å²) in [6, 6.07) is 0. The minimum Gasteiger partial charge on any atom is -0.310 e. The van der Waals surface area contributed by atoms with Crippen LogP contribution in [0.1, 0.15) is 12.8 Å². The van der Waals surface area contributed by atoms with Gasteiger partial charge in [0, 0.05) is 0 Å². The van der Waals surface area contributed by atoms with Gasteiger partial charge in [-0.15, -0.1) is 0 Å². The summed E-state index contributed by atoms with van der Waals surface area (Å²) >= 11 is 2.25. The highest BCUT2D eigenvalue weighted by Gasteiger charge is 2.25. The number of rotatable bonds is 4. The van der Waals surface area contributed by atoms with Gasteiger partial charge < -0.3 is 5.32 Å². The fourth-order valence-electron chi connectivity index (χ4n) is 0.740. The zero-order valence-electron chi connectivity index (χ0n) is 5.54. The monoisotopic (exact) mass is 213 g/mol. The molecule has 0 aliphatic heterocycles. The minimum atomic E-state index is -2.73. The Morgan fingerprint density at radius 2 is 2.10 bits per heavy atom. The molecule has 10 heavy (non-hydrogen) atoms. The van der Waals surface area contributed by atoms with E-state index >= 15 is 0 Å². The maximum Gasteiger partial charge on any atom is 0.313 e. The SMILES string of the molecule is FC(F)(Br)CNCC1CC1. The van der Waals surface area contributed by atoms with Crippen LogP contribution >= 0.6 is 15.9 Å². The van der Waals surface area contributed by atoms with Gasteiger partial charge >= 0.3 is 4.83 Å². The molecule has 1 rings (SSSR count). The zero-order chi connectivity index (χ0) is 7.61. The normalized spacial score (nSPS) is 19.5. The molecule has 1 N–H and O–H groups in total. The lowest BCUT2D eigenvalue weighted by molar-refractivity contribution is 0.113. The van der Waals surface area contributed by atoms with E-state index in [1.54, 1.807) is 0 Å². The Labute approximate surface area is 67.3 Å². The van der Waals surface area contributed by atoms with Gasteiger partial charge in [-0.2, -0.15) is 8.78 Å². The standard InChI is InChI=1S/C6H10BrF2N/c7-6(8,9)4-10-3-5-1-2-5/h5,10H,1-4H2. The zero-order valence-corrected chi connectivity index (χ0v) is 7.13. The third kappa shape index (κ3) is 4.17. The van der Waals surface area contributed by atoms with Crippen LogP contribution in [0.5, 0.6) is 0 Å². The predicted octanol–water partition coefficient (Wildman–Crippen LogP) is 1.97. The first kappa shape index (κ1) is 8.40. The molecule has 0 radical (unpaired) electrons. The molecule has 0 saturated heterocycles. The van der Waals surface area contributed by atoms with E-state index in [4.69, 9.17) is 0 Å². The Hall–Kier alpha value is 0.300. The second-order valence-electron chi connectivity index (χ2n) is 2.69. The van der Waals surface area contributed by atoms with Crippen LogP contribution in [-0.2, 0) is 0 Å². The number of halogens is 3. The molecule has 0 unspecified atom stereocenters. The van der Waals surface area contributed by atoms with Gasteiger partial charge in [0.05, 0.1) is 6.54 Å². The molecule has 1 aliphatic rings. The Balaban J connectivity index is 1.93. The van der Waals surface area contributed by atoms with Gasteiger partial charge in [-0.3, -0.25) is 0 Å². The van der Waals surface area contributed by atoms with Gasteiger partial charge in [0.2, 0.25) is 0 Å². The van der Waals surface area contributed by atoms with Crippen molar-refractivity contribution in [2.24, 2.45) is 5.92 Å². The highest BCUT2D eigenvalue weighted by Crippen LogP contribution is 2.28. The Morgan fingerprint density at radius 3 is 2.50 bits per heavy atom. The van der Waals surface area contributed by atoms with E-state index in [-0.39, 0.29) is 6.54 Å². The van der Waals surface area contributed by atoms with Crippen LogP contribution in [0.4, 0.5) is 8.78 Å². The summed E-state index contributed by atoms with van der Waals surface area (Å²) in [6.45, 7) is 0.477. The average Bonchev–Trinajstić information content (AvgIpc) is 2.45. The molecular weight excluding hydrogens is 204 g/mol. The summed E-state index contributed by atoms with van der Waals surface area (Å²) in [4.78, 5) is -2.73. The van der Waals surface area contributed by atoms with Crippen molar-refractivity contribution in [2.45, 2.75) is 17.7 Å². The summed E-state index contributed by atoms with van der Waals surface area (Å²) in [7, 11) is 0. The number of alkyl halides is 3. The van der Waals surface area contributed by atoms with Crippen LogP contribution < -0.4 is 5.32 Å². The van der Waals surface area contributed by atoms with Crippen LogP contribution in [0.25, 0.3) is 0 Å². The molecular formula is C6H10BrF2N. The Morgan fingerprint density at radius 1 is 1.50 bits per heavy atom. The third-order valence-electron chi connectivity index (χ3n) is 1.46. The summed E-state index contributed by atoms with van der Waals surface area (Å²) < 4.78 is 24.1. The number of hydrogen-bond acceptors (Lipinski definition) is 1. The first-order valence-electron chi connectivity index (χ1n) is 3.35. The average molecular weight is 214 g/mol. The van der Waals surface area contributed by atoms with E-state index in [0.717, 1.165) is 6.54 Å². The first-order chi connectivity index (χ1) is 4.58. The van der Waals surface area contributed by atoms with E-state index in [1.807, 2.05) is 0 Å². The van der Waals surface area contributed by atoms with Crippen LogP contribution in [0, 0.1) is 5.92 Å². The summed E-state index contributed by atoms with van der Waals surface area (Å²) in [5, 5.41) is 2.69. The molecule has 60 valence electrons. The minimum absolute atomic E-state index is 0.260. The van der Waals surface area contributed by atoms with Gasteiger partial charge in [0.25, 0.3) is 0 Å². The van der Waals surface area contributed by atoms with E-state index in [9.17, 15) is 8.78 Å². The lowest BCUT2D eigenvalue weighted by Crippen LogP contribution is -2.28. The molecule has 0 bridgehead atoms. The van der Waals surface area contributed by atoms with Gasteiger partial charge in [-0.25, -0.2) is 0 Å². The molecule has 0 heterocycles. The van der Waals surface area contributed by atoms with Crippen molar-refractivity contribution in [3.05, 3.63) is 0 Å². The van der Waals surface area contributed by atoms with Crippen molar-refractivity contribution >= 4 is 15.9 Å². The van der Waals surface area contributed by atoms with Crippen LogP contribution in [0.15, 0.2) is 0 Å². The van der Waals surface area contributed by atoms with E-state index < -0.39 is 4.83 Å². The maximum absolute atomic E-state index is 12.0. The molecule has 0 amide bonds. The van der Waals surface area contributed by atoms with Crippen molar-refractivity contribution in [3.63, 3.8) is 0 Å². The fraction of sp³-hybridized carbons (Fsp3) is 1.00. The lowest BCUT2D eigenvalue weighted by atomic mass is 10.4. The van der Waals surface area contributed by atoms with Crippen molar-refractivity contribution in [2.75, 3.05) is 13.1 Å². The maximum atomic E-state index is 12.0. The molecule has 0 aromatic rings. The highest BCUT2D eigenvalue weighted by molar-refractivity contribution is 9.10. The van der Waals surface area contributed by atoms with Crippen molar-refractivity contribution in [3.8, 4) is 0 Å². The van der Waals surface area contributed by atoms with Crippen LogP contribution in [0.2, 0.25) is 0 Å². The highest BCUT2D eigenvalue weighted by atomic mass is 79.9. The molecule has 0 aromatic carbocycles. The smallest absolute Gasteiger partial charge is 0.310 e. The topological polar surface area (TPSA) is 12.0 Å². The lowest BCUT2D eigenvalue weighted by Gasteiger charge is -2.08. The quantitative estimate of drug-likeness (QED) is 0.705. The van der Waals surface area contributed by atoms with Crippen LogP contribution in [-0.4, -0.2) is 17.9 Å². The third-order valence-corrected chi connectivity index (χ3v) is 1.74. The number of hydrogen-bond donors (Lipinski definition) is 1. The van der Waals surface area contributed by atoms with Crippen molar-refractivity contribution in [1.29, 1.82) is 0 Å². The summed E-state index contributed by atoms with van der Waals surface area (Å²) in [6.07, 6.45) is 2.39. The first-order valence-corrected chi connectivity index (χ1v) is 4.15. The fourth-order valence-corrected chi connectivity index (χ4v) is 0.938. The number of nitrogens with one attached hydrogen (secondary N) is 1. The van der Waals surface area contributed by atoms with Gasteiger partial charge in [0.15, 0.2) is 0 Å². The largest absolute Gasteiger partial charge is 0.313 e. The molecule has 1 aliphatic carbocycles. The van der Waals surface area contributed by atoms with E-state index in [0.29, 0.717) is 5.92 Å². The van der Waals surface area contributed by atoms with Gasteiger partial charge in [-0.05, 0) is 41.2 Å². The molecule has 1 saturated carbocycles. The van der Waals surface area contributed by atoms with E-state index in [1.165, 1.54) is 12.8 Å². The van der Waals surface area contributed by atoms with Gasteiger partial charge in [0.1, 0.15) is 0 Å². The van der Waals surface area contributed by atoms with E-state index in [2.05, 4.69) is 21.2 Å². The second-order valence-corrected chi connectivity index (χ2v) is 3.85. The Kier molecular flexibility index (Phi) is 2.63. The van der Waals surface area contributed by atoms with Crippen molar-refractivity contribution in [1.82, 2.24) is 5.32 Å². The summed E-state index contributed by atoms with van der Waals surface area (Å²) in [5.74, 6) is 0.662. The second kappa shape index (κ2) is 3.13.